The summed E-state index contributed by atoms with van der Waals surface area (Å²) in [4.78, 5) is 0. The van der Waals surface area contributed by atoms with E-state index in [2.05, 4.69) is 31.3 Å². The van der Waals surface area contributed by atoms with Crippen molar-refractivity contribution in [1.29, 1.82) is 0 Å². The molecule has 2 unspecified atom stereocenters. The molecule has 0 aromatic heterocycles. The van der Waals surface area contributed by atoms with Crippen molar-refractivity contribution < 1.29 is 13.2 Å². The van der Waals surface area contributed by atoms with Crippen molar-refractivity contribution >= 4 is 11.6 Å². The summed E-state index contributed by atoms with van der Waals surface area (Å²) in [5.74, 6) is 1.54. The molecule has 4 fully saturated rings. The smallest absolute Gasteiger partial charge is 0.311 e. The van der Waals surface area contributed by atoms with Crippen LogP contribution < -0.4 is 5.32 Å². The van der Waals surface area contributed by atoms with Crippen molar-refractivity contribution in [3.8, 4) is 0 Å². The maximum absolute atomic E-state index is 13.1. The van der Waals surface area contributed by atoms with Crippen molar-refractivity contribution in [2.45, 2.75) is 82.5 Å². The highest BCUT2D eigenvalue weighted by Gasteiger charge is 2.59. The Morgan fingerprint density at radius 1 is 1.00 bits per heavy atom. The molecule has 4 aliphatic rings. The quantitative estimate of drug-likeness (QED) is 0.449. The van der Waals surface area contributed by atoms with E-state index in [1.54, 1.807) is 6.07 Å². The maximum Gasteiger partial charge on any atom is 0.416 e. The number of hydrogen-bond donors (Lipinski definition) is 1. The van der Waals surface area contributed by atoms with Gasteiger partial charge in [-0.25, -0.2) is 0 Å². The molecule has 4 bridgehead atoms. The predicted molar refractivity (Wildman–Crippen MR) is 127 cm³/mol. The fourth-order valence-electron chi connectivity index (χ4n) is 7.87. The van der Waals surface area contributed by atoms with Gasteiger partial charge in [0.1, 0.15) is 0 Å². The highest BCUT2D eigenvalue weighted by Crippen LogP contribution is 2.66. The monoisotopic (exact) mass is 475 g/mol. The van der Waals surface area contributed by atoms with Crippen LogP contribution in [0.1, 0.15) is 69.1 Å². The van der Waals surface area contributed by atoms with Crippen LogP contribution in [-0.4, -0.2) is 12.1 Å². The van der Waals surface area contributed by atoms with Crippen LogP contribution in [0.25, 0.3) is 0 Å². The Bertz CT molecular complexity index is 985. The molecule has 0 spiro atoms. The summed E-state index contributed by atoms with van der Waals surface area (Å²) < 4.78 is 39.3. The molecule has 6 rings (SSSR count). The van der Waals surface area contributed by atoms with E-state index in [-0.39, 0.29) is 16.9 Å². The Kier molecular flexibility index (Phi) is 5.85. The Hall–Kier alpha value is -1.52. The molecule has 2 aromatic rings. The van der Waals surface area contributed by atoms with Gasteiger partial charge in [-0.2, -0.15) is 13.2 Å². The first-order valence-electron chi connectivity index (χ1n) is 12.3. The molecule has 0 radical (unpaired) electrons. The van der Waals surface area contributed by atoms with Gasteiger partial charge in [0.05, 0.1) is 5.56 Å². The highest BCUT2D eigenvalue weighted by molar-refractivity contribution is 6.30. The number of halogens is 4. The van der Waals surface area contributed by atoms with Crippen molar-refractivity contribution in [3.05, 3.63) is 70.2 Å². The summed E-state index contributed by atoms with van der Waals surface area (Å²) in [6.45, 7) is 4.41. The fourth-order valence-corrected chi connectivity index (χ4v) is 8.00. The van der Waals surface area contributed by atoms with E-state index in [0.717, 1.165) is 28.5 Å². The SMILES string of the molecule is C[C@H](Cc1cccc(C(F)(F)F)c1)N[C@@H](C)C12C[C@@H]3C[C@@H](CC(c4ccc(Cl)cc4)(C3)C1)C2. The van der Waals surface area contributed by atoms with E-state index >= 15 is 0 Å². The molecule has 0 saturated heterocycles. The minimum atomic E-state index is -4.30. The van der Waals surface area contributed by atoms with Crippen LogP contribution in [0.3, 0.4) is 0 Å². The third-order valence-corrected chi connectivity index (χ3v) is 9.06. The molecule has 1 N–H and O–H groups in total. The molecule has 0 aliphatic heterocycles. The molecule has 0 heterocycles. The Morgan fingerprint density at radius 2 is 1.67 bits per heavy atom. The first-order chi connectivity index (χ1) is 15.6. The van der Waals surface area contributed by atoms with Gasteiger partial charge in [-0.3, -0.25) is 0 Å². The van der Waals surface area contributed by atoms with Crippen LogP contribution in [0.2, 0.25) is 5.02 Å². The first kappa shape index (κ1) is 23.2. The van der Waals surface area contributed by atoms with E-state index in [4.69, 9.17) is 11.6 Å². The Morgan fingerprint density at radius 3 is 2.30 bits per heavy atom. The fraction of sp³-hybridized carbons (Fsp3) is 0.571. The summed E-state index contributed by atoms with van der Waals surface area (Å²) in [6.07, 6.45) is 3.93. The number of alkyl halides is 3. The van der Waals surface area contributed by atoms with E-state index in [9.17, 15) is 13.2 Å². The normalized spacial score (nSPS) is 32.7. The standard InChI is InChI=1S/C28H33ClF3N/c1-18(10-20-4-3-5-24(12-20)28(30,31)32)33-19(2)26-13-21-11-22(14-26)16-27(15-21,17-26)23-6-8-25(29)9-7-23/h3-9,12,18-19,21-22,33H,10-11,13-17H2,1-2H3/t18-,19+,21-,22+,26?,27?/m1/s1. The molecule has 4 aliphatic carbocycles. The maximum atomic E-state index is 13.1. The second-order valence-corrected chi connectivity index (χ2v) is 11.7. The minimum Gasteiger partial charge on any atom is -0.311 e. The summed E-state index contributed by atoms with van der Waals surface area (Å²) in [7, 11) is 0. The highest BCUT2D eigenvalue weighted by atomic mass is 35.5. The molecule has 0 amide bonds. The van der Waals surface area contributed by atoms with E-state index in [1.165, 1.54) is 56.2 Å². The molecule has 33 heavy (non-hydrogen) atoms. The zero-order chi connectivity index (χ0) is 23.4. The first-order valence-corrected chi connectivity index (χ1v) is 12.6. The van der Waals surface area contributed by atoms with E-state index in [0.29, 0.717) is 12.5 Å². The average Bonchev–Trinajstić information content (AvgIpc) is 2.72. The third-order valence-electron chi connectivity index (χ3n) is 8.81. The van der Waals surface area contributed by atoms with Gasteiger partial charge in [-0.05, 0) is 111 Å². The van der Waals surface area contributed by atoms with Crippen molar-refractivity contribution in [2.75, 3.05) is 0 Å². The minimum absolute atomic E-state index is 0.114. The molecule has 6 atom stereocenters. The second-order valence-electron chi connectivity index (χ2n) is 11.3. The number of benzene rings is 2. The van der Waals surface area contributed by atoms with Crippen molar-refractivity contribution in [3.63, 3.8) is 0 Å². The van der Waals surface area contributed by atoms with Crippen LogP contribution in [0, 0.1) is 17.3 Å². The van der Waals surface area contributed by atoms with Crippen LogP contribution in [0.15, 0.2) is 48.5 Å². The summed E-state index contributed by atoms with van der Waals surface area (Å²) in [5, 5.41) is 4.61. The van der Waals surface area contributed by atoms with E-state index < -0.39 is 11.7 Å². The third kappa shape index (κ3) is 4.46. The van der Waals surface area contributed by atoms with Gasteiger partial charge in [0, 0.05) is 17.1 Å². The van der Waals surface area contributed by atoms with Crippen molar-refractivity contribution in [1.82, 2.24) is 5.32 Å². The Balaban J connectivity index is 1.32. The molecular weight excluding hydrogens is 443 g/mol. The Labute approximate surface area is 200 Å². The zero-order valence-electron chi connectivity index (χ0n) is 19.4. The van der Waals surface area contributed by atoms with Gasteiger partial charge in [0.2, 0.25) is 0 Å². The second kappa shape index (κ2) is 8.30. The molecule has 4 saturated carbocycles. The molecule has 5 heteroatoms. The van der Waals surface area contributed by atoms with Gasteiger partial charge < -0.3 is 5.32 Å². The number of hydrogen-bond acceptors (Lipinski definition) is 1. The molecule has 1 nitrogen and oxygen atoms in total. The van der Waals surface area contributed by atoms with Gasteiger partial charge in [0.25, 0.3) is 0 Å². The summed E-state index contributed by atoms with van der Waals surface area (Å²) in [5.41, 5.74) is 2.11. The van der Waals surface area contributed by atoms with Crippen molar-refractivity contribution in [2.24, 2.45) is 17.3 Å². The van der Waals surface area contributed by atoms with Crippen LogP contribution in [0.4, 0.5) is 13.2 Å². The lowest BCUT2D eigenvalue weighted by molar-refractivity contribution is -0.137. The molecule has 178 valence electrons. The van der Waals surface area contributed by atoms with Gasteiger partial charge in [-0.1, -0.05) is 41.9 Å². The lowest BCUT2D eigenvalue weighted by atomic mass is 9.41. The van der Waals surface area contributed by atoms with Gasteiger partial charge in [0.15, 0.2) is 0 Å². The summed E-state index contributed by atoms with van der Waals surface area (Å²) >= 11 is 6.18. The number of rotatable bonds is 6. The molecular formula is C28H33ClF3N. The van der Waals surface area contributed by atoms with Crippen LogP contribution in [0.5, 0.6) is 0 Å². The topological polar surface area (TPSA) is 12.0 Å². The number of nitrogens with one attached hydrogen (secondary N) is 1. The zero-order valence-corrected chi connectivity index (χ0v) is 20.1. The van der Waals surface area contributed by atoms with Crippen LogP contribution >= 0.6 is 11.6 Å². The van der Waals surface area contributed by atoms with Gasteiger partial charge in [-0.15, -0.1) is 0 Å². The molecule has 2 aromatic carbocycles. The van der Waals surface area contributed by atoms with Gasteiger partial charge >= 0.3 is 6.18 Å². The van der Waals surface area contributed by atoms with E-state index in [1.807, 2.05) is 12.1 Å². The lowest BCUT2D eigenvalue weighted by Crippen LogP contribution is -2.60. The average molecular weight is 476 g/mol. The largest absolute Gasteiger partial charge is 0.416 e. The lowest BCUT2D eigenvalue weighted by Gasteiger charge is -2.64. The summed E-state index contributed by atoms with van der Waals surface area (Å²) in [6, 6.07) is 14.7. The predicted octanol–water partition coefficient (Wildman–Crippen LogP) is 7.81. The van der Waals surface area contributed by atoms with Crippen LogP contribution in [-0.2, 0) is 18.0 Å².